The van der Waals surface area contributed by atoms with E-state index in [2.05, 4.69) is 5.32 Å². The number of amides is 1. The van der Waals surface area contributed by atoms with Crippen molar-refractivity contribution in [3.05, 3.63) is 30.3 Å². The Morgan fingerprint density at radius 2 is 1.91 bits per heavy atom. The number of piperidine rings is 1. The Kier molecular flexibility index (Phi) is 5.55. The Morgan fingerprint density at radius 1 is 1.32 bits per heavy atom. The van der Waals surface area contributed by atoms with Crippen LogP contribution in [0.2, 0.25) is 0 Å². The molecule has 0 bridgehead atoms. The number of nitrogens with two attached hydrogens (primary N) is 1. The van der Waals surface area contributed by atoms with Crippen LogP contribution >= 0.6 is 0 Å². The van der Waals surface area contributed by atoms with Gasteiger partial charge in [0.05, 0.1) is 10.9 Å². The summed E-state index contributed by atoms with van der Waals surface area (Å²) < 4.78 is 26.5. The molecular formula is C15H23N3O3S. The molecule has 2 rings (SSSR count). The lowest BCUT2D eigenvalue weighted by molar-refractivity contribution is -0.122. The molecule has 1 amide bonds. The second-order valence-corrected chi connectivity index (χ2v) is 7.63. The van der Waals surface area contributed by atoms with E-state index in [1.165, 1.54) is 4.31 Å². The first-order chi connectivity index (χ1) is 10.4. The van der Waals surface area contributed by atoms with Crippen LogP contribution in [0.3, 0.4) is 0 Å². The smallest absolute Gasteiger partial charge is 0.243 e. The zero-order valence-electron chi connectivity index (χ0n) is 12.7. The van der Waals surface area contributed by atoms with Gasteiger partial charge in [-0.25, -0.2) is 8.42 Å². The van der Waals surface area contributed by atoms with Gasteiger partial charge in [-0.2, -0.15) is 4.31 Å². The highest BCUT2D eigenvalue weighted by molar-refractivity contribution is 7.89. The Labute approximate surface area is 131 Å². The molecule has 7 heteroatoms. The highest BCUT2D eigenvalue weighted by Crippen LogP contribution is 2.23. The molecule has 1 aromatic rings. The van der Waals surface area contributed by atoms with Gasteiger partial charge in [-0.3, -0.25) is 4.79 Å². The Balaban J connectivity index is 1.88. The number of carbonyl (C=O) groups is 1. The van der Waals surface area contributed by atoms with E-state index in [9.17, 15) is 13.2 Å². The number of carbonyl (C=O) groups excluding carboxylic acids is 1. The maximum atomic E-state index is 12.5. The van der Waals surface area contributed by atoms with Crippen molar-refractivity contribution in [1.82, 2.24) is 9.62 Å². The van der Waals surface area contributed by atoms with Gasteiger partial charge in [-0.15, -0.1) is 0 Å². The SMILES string of the molecule is C[C@H](N)C(=O)NCC1CCN(S(=O)(=O)c2ccccc2)CC1. The van der Waals surface area contributed by atoms with E-state index < -0.39 is 16.1 Å². The number of sulfonamides is 1. The summed E-state index contributed by atoms with van der Waals surface area (Å²) in [5.74, 6) is 0.129. The summed E-state index contributed by atoms with van der Waals surface area (Å²) in [7, 11) is -3.40. The van der Waals surface area contributed by atoms with Crippen molar-refractivity contribution in [3.8, 4) is 0 Å². The largest absolute Gasteiger partial charge is 0.354 e. The number of hydrogen-bond acceptors (Lipinski definition) is 4. The topological polar surface area (TPSA) is 92.5 Å². The van der Waals surface area contributed by atoms with Crippen molar-refractivity contribution in [1.29, 1.82) is 0 Å². The monoisotopic (exact) mass is 325 g/mol. The third-order valence-corrected chi connectivity index (χ3v) is 5.85. The van der Waals surface area contributed by atoms with Crippen molar-refractivity contribution in [3.63, 3.8) is 0 Å². The standard InChI is InChI=1S/C15H23N3O3S/c1-12(16)15(19)17-11-13-7-9-18(10-8-13)22(20,21)14-5-3-2-4-6-14/h2-6,12-13H,7-11,16H2,1H3,(H,17,19)/t12-/m0/s1. The molecule has 1 heterocycles. The molecule has 1 atom stereocenters. The number of rotatable bonds is 5. The van der Waals surface area contributed by atoms with Crippen LogP contribution < -0.4 is 11.1 Å². The second-order valence-electron chi connectivity index (χ2n) is 5.69. The lowest BCUT2D eigenvalue weighted by Gasteiger charge is -2.31. The van der Waals surface area contributed by atoms with Crippen LogP contribution in [0.15, 0.2) is 35.2 Å². The summed E-state index contributed by atoms with van der Waals surface area (Å²) in [6.45, 7) is 3.16. The third-order valence-electron chi connectivity index (χ3n) is 3.93. The molecule has 1 fully saturated rings. The summed E-state index contributed by atoms with van der Waals surface area (Å²) >= 11 is 0. The van der Waals surface area contributed by atoms with Crippen LogP contribution in [0.1, 0.15) is 19.8 Å². The fraction of sp³-hybridized carbons (Fsp3) is 0.533. The molecule has 22 heavy (non-hydrogen) atoms. The molecule has 0 unspecified atom stereocenters. The van der Waals surface area contributed by atoms with E-state index in [0.717, 1.165) is 12.8 Å². The third kappa shape index (κ3) is 4.06. The fourth-order valence-corrected chi connectivity index (χ4v) is 3.99. The summed E-state index contributed by atoms with van der Waals surface area (Å²) in [6, 6.07) is 7.96. The van der Waals surface area contributed by atoms with Crippen LogP contribution in [0.5, 0.6) is 0 Å². The van der Waals surface area contributed by atoms with Crippen molar-refractivity contribution in [2.45, 2.75) is 30.7 Å². The number of nitrogens with zero attached hydrogens (tertiary/aromatic N) is 1. The lowest BCUT2D eigenvalue weighted by atomic mass is 9.98. The summed E-state index contributed by atoms with van der Waals surface area (Å²) in [5.41, 5.74) is 5.50. The second kappa shape index (κ2) is 7.21. The molecule has 0 saturated carbocycles. The van der Waals surface area contributed by atoms with Crippen molar-refractivity contribution in [2.24, 2.45) is 11.7 Å². The zero-order valence-corrected chi connectivity index (χ0v) is 13.6. The van der Waals surface area contributed by atoms with Crippen LogP contribution in [-0.2, 0) is 14.8 Å². The minimum absolute atomic E-state index is 0.167. The molecule has 1 aliphatic rings. The Bertz CT molecular complexity index is 594. The van der Waals surface area contributed by atoms with Gasteiger partial charge in [0.1, 0.15) is 0 Å². The van der Waals surface area contributed by atoms with Gasteiger partial charge in [0.2, 0.25) is 15.9 Å². The van der Waals surface area contributed by atoms with Gasteiger partial charge in [0.25, 0.3) is 0 Å². The summed E-state index contributed by atoms with van der Waals surface area (Å²) in [4.78, 5) is 11.8. The molecule has 0 spiro atoms. The van der Waals surface area contributed by atoms with E-state index in [4.69, 9.17) is 5.73 Å². The summed E-state index contributed by atoms with van der Waals surface area (Å²) in [6.07, 6.45) is 1.48. The predicted octanol–water partition coefficient (Wildman–Crippen LogP) is 0.551. The van der Waals surface area contributed by atoms with Crippen molar-refractivity contribution < 1.29 is 13.2 Å². The van der Waals surface area contributed by atoms with Gasteiger partial charge in [-0.1, -0.05) is 18.2 Å². The van der Waals surface area contributed by atoms with E-state index in [-0.39, 0.29) is 5.91 Å². The van der Waals surface area contributed by atoms with Crippen molar-refractivity contribution >= 4 is 15.9 Å². The normalized spacial score (nSPS) is 18.8. The van der Waals surface area contributed by atoms with Gasteiger partial charge >= 0.3 is 0 Å². The Morgan fingerprint density at radius 3 is 2.45 bits per heavy atom. The maximum absolute atomic E-state index is 12.5. The van der Waals surface area contributed by atoms with Crippen LogP contribution in [0, 0.1) is 5.92 Å². The average molecular weight is 325 g/mol. The van der Waals surface area contributed by atoms with Crippen LogP contribution in [-0.4, -0.2) is 44.3 Å². The first kappa shape index (κ1) is 16.9. The molecule has 1 aliphatic heterocycles. The quantitative estimate of drug-likeness (QED) is 0.827. The first-order valence-electron chi connectivity index (χ1n) is 7.49. The number of hydrogen-bond donors (Lipinski definition) is 2. The van der Waals surface area contributed by atoms with Crippen molar-refractivity contribution in [2.75, 3.05) is 19.6 Å². The first-order valence-corrected chi connectivity index (χ1v) is 8.94. The van der Waals surface area contributed by atoms with Gasteiger partial charge in [0.15, 0.2) is 0 Å². The molecule has 0 aliphatic carbocycles. The minimum atomic E-state index is -3.40. The fourth-order valence-electron chi connectivity index (χ4n) is 2.50. The van der Waals surface area contributed by atoms with Crippen LogP contribution in [0.4, 0.5) is 0 Å². The Hall–Kier alpha value is -1.44. The highest BCUT2D eigenvalue weighted by Gasteiger charge is 2.29. The van der Waals surface area contributed by atoms with E-state index in [0.29, 0.717) is 30.4 Å². The zero-order chi connectivity index (χ0) is 16.2. The summed E-state index contributed by atoms with van der Waals surface area (Å²) in [5, 5.41) is 2.81. The molecule has 0 aromatic heterocycles. The lowest BCUT2D eigenvalue weighted by Crippen LogP contribution is -2.44. The minimum Gasteiger partial charge on any atom is -0.354 e. The predicted molar refractivity (Wildman–Crippen MR) is 84.6 cm³/mol. The van der Waals surface area contributed by atoms with Gasteiger partial charge in [-0.05, 0) is 37.8 Å². The van der Waals surface area contributed by atoms with Crippen LogP contribution in [0.25, 0.3) is 0 Å². The highest BCUT2D eigenvalue weighted by atomic mass is 32.2. The number of nitrogens with one attached hydrogen (secondary N) is 1. The van der Waals surface area contributed by atoms with E-state index in [1.807, 2.05) is 0 Å². The van der Waals surface area contributed by atoms with Gasteiger partial charge in [0, 0.05) is 19.6 Å². The van der Waals surface area contributed by atoms with E-state index in [1.54, 1.807) is 37.3 Å². The molecule has 122 valence electrons. The molecular weight excluding hydrogens is 302 g/mol. The number of benzene rings is 1. The molecule has 1 aromatic carbocycles. The molecule has 0 radical (unpaired) electrons. The molecule has 1 saturated heterocycles. The average Bonchev–Trinajstić information content (AvgIpc) is 2.53. The van der Waals surface area contributed by atoms with Gasteiger partial charge < -0.3 is 11.1 Å². The molecule has 3 N–H and O–H groups in total. The van der Waals surface area contributed by atoms with E-state index >= 15 is 0 Å². The molecule has 6 nitrogen and oxygen atoms in total. The maximum Gasteiger partial charge on any atom is 0.243 e.